The van der Waals surface area contributed by atoms with Crippen molar-refractivity contribution < 1.29 is 4.79 Å². The second kappa shape index (κ2) is 5.63. The Bertz CT molecular complexity index is 507. The Morgan fingerprint density at radius 1 is 1.67 bits per heavy atom. The molecule has 18 heavy (non-hydrogen) atoms. The van der Waals surface area contributed by atoms with Crippen LogP contribution >= 0.6 is 11.3 Å². The second-order valence-electron chi connectivity index (χ2n) is 3.87. The van der Waals surface area contributed by atoms with Gasteiger partial charge in [0.15, 0.2) is 0 Å². The highest BCUT2D eigenvalue weighted by molar-refractivity contribution is 7.10. The standard InChI is InChI=1S/C11H15N5OS/c1-2-4-7(8-5-3-6-18-8)13-10(17)9-14-11(12)16-15-9/h3,5-7H,2,4H2,1H3,(H,13,17)(H3,12,14,15,16). The van der Waals surface area contributed by atoms with Gasteiger partial charge in [-0.05, 0) is 17.9 Å². The molecule has 0 saturated heterocycles. The molecule has 0 aromatic carbocycles. The summed E-state index contributed by atoms with van der Waals surface area (Å²) in [6.07, 6.45) is 1.87. The lowest BCUT2D eigenvalue weighted by atomic mass is 10.1. The fourth-order valence-electron chi connectivity index (χ4n) is 1.67. The number of nitrogen functional groups attached to an aromatic ring is 1. The van der Waals surface area contributed by atoms with Gasteiger partial charge in [-0.15, -0.1) is 16.4 Å². The lowest BCUT2D eigenvalue weighted by Crippen LogP contribution is -2.28. The van der Waals surface area contributed by atoms with Crippen LogP contribution in [0.3, 0.4) is 0 Å². The molecule has 2 aromatic heterocycles. The van der Waals surface area contributed by atoms with Crippen molar-refractivity contribution in [2.75, 3.05) is 5.73 Å². The summed E-state index contributed by atoms with van der Waals surface area (Å²) >= 11 is 1.63. The number of rotatable bonds is 5. The van der Waals surface area contributed by atoms with E-state index in [9.17, 15) is 4.79 Å². The largest absolute Gasteiger partial charge is 0.366 e. The van der Waals surface area contributed by atoms with E-state index in [1.807, 2.05) is 17.5 Å². The van der Waals surface area contributed by atoms with Gasteiger partial charge in [0.25, 0.3) is 5.91 Å². The molecule has 1 unspecified atom stereocenters. The van der Waals surface area contributed by atoms with Crippen molar-refractivity contribution in [2.24, 2.45) is 0 Å². The zero-order valence-corrected chi connectivity index (χ0v) is 10.8. The molecule has 7 heteroatoms. The predicted molar refractivity (Wildman–Crippen MR) is 70.2 cm³/mol. The Labute approximate surface area is 109 Å². The monoisotopic (exact) mass is 265 g/mol. The van der Waals surface area contributed by atoms with E-state index in [1.54, 1.807) is 11.3 Å². The lowest BCUT2D eigenvalue weighted by molar-refractivity contribution is 0.0925. The second-order valence-corrected chi connectivity index (χ2v) is 4.85. The minimum absolute atomic E-state index is 0.00817. The van der Waals surface area contributed by atoms with E-state index in [0.29, 0.717) is 0 Å². The molecule has 1 atom stereocenters. The molecule has 2 heterocycles. The quantitative estimate of drug-likeness (QED) is 0.766. The van der Waals surface area contributed by atoms with Gasteiger partial charge in [0.05, 0.1) is 6.04 Å². The highest BCUT2D eigenvalue weighted by Crippen LogP contribution is 2.23. The maximum atomic E-state index is 11.9. The average Bonchev–Trinajstić information content (AvgIpc) is 2.98. The number of H-pyrrole nitrogens is 1. The maximum Gasteiger partial charge on any atom is 0.289 e. The van der Waals surface area contributed by atoms with Gasteiger partial charge in [0, 0.05) is 4.88 Å². The molecule has 0 radical (unpaired) electrons. The zero-order valence-electron chi connectivity index (χ0n) is 10.0. The number of carbonyl (C=O) groups excluding carboxylic acids is 1. The third kappa shape index (κ3) is 2.86. The fourth-order valence-corrected chi connectivity index (χ4v) is 2.48. The number of hydrogen-bond donors (Lipinski definition) is 3. The molecule has 0 fully saturated rings. The van der Waals surface area contributed by atoms with E-state index in [0.717, 1.165) is 17.7 Å². The summed E-state index contributed by atoms with van der Waals surface area (Å²) < 4.78 is 0. The normalized spacial score (nSPS) is 12.3. The number of carbonyl (C=O) groups is 1. The third-order valence-corrected chi connectivity index (χ3v) is 3.47. The summed E-state index contributed by atoms with van der Waals surface area (Å²) in [5.41, 5.74) is 5.37. The van der Waals surface area contributed by atoms with Crippen LogP contribution < -0.4 is 11.1 Å². The number of nitrogens with one attached hydrogen (secondary N) is 2. The number of aromatic amines is 1. The van der Waals surface area contributed by atoms with Crippen molar-refractivity contribution in [3.8, 4) is 0 Å². The molecule has 6 nitrogen and oxygen atoms in total. The van der Waals surface area contributed by atoms with Crippen LogP contribution in [0.15, 0.2) is 17.5 Å². The van der Waals surface area contributed by atoms with Crippen molar-refractivity contribution in [3.05, 3.63) is 28.2 Å². The number of nitrogens with zero attached hydrogens (tertiary/aromatic N) is 2. The number of hydrogen-bond acceptors (Lipinski definition) is 5. The van der Waals surface area contributed by atoms with Crippen molar-refractivity contribution >= 4 is 23.2 Å². The van der Waals surface area contributed by atoms with E-state index in [4.69, 9.17) is 5.73 Å². The molecule has 96 valence electrons. The zero-order chi connectivity index (χ0) is 13.0. The van der Waals surface area contributed by atoms with E-state index in [1.165, 1.54) is 0 Å². The van der Waals surface area contributed by atoms with E-state index >= 15 is 0 Å². The fraction of sp³-hybridized carbons (Fsp3) is 0.364. The Hall–Kier alpha value is -1.89. The molecule has 0 bridgehead atoms. The number of amides is 1. The third-order valence-electron chi connectivity index (χ3n) is 2.49. The number of nitrogens with two attached hydrogens (primary N) is 1. The molecule has 2 rings (SSSR count). The van der Waals surface area contributed by atoms with Crippen LogP contribution in [0.4, 0.5) is 5.95 Å². The van der Waals surface area contributed by atoms with Crippen molar-refractivity contribution in [3.63, 3.8) is 0 Å². The molecule has 1 amide bonds. The molecule has 0 aliphatic rings. The Morgan fingerprint density at radius 2 is 2.50 bits per heavy atom. The Morgan fingerprint density at radius 3 is 3.06 bits per heavy atom. The Balaban J connectivity index is 2.07. The highest BCUT2D eigenvalue weighted by Gasteiger charge is 2.18. The maximum absolute atomic E-state index is 11.9. The van der Waals surface area contributed by atoms with Gasteiger partial charge < -0.3 is 11.1 Å². The van der Waals surface area contributed by atoms with Crippen LogP contribution in [0.25, 0.3) is 0 Å². The summed E-state index contributed by atoms with van der Waals surface area (Å²) in [5, 5.41) is 11.1. The minimum atomic E-state index is -0.286. The van der Waals surface area contributed by atoms with Gasteiger partial charge in [0.2, 0.25) is 11.8 Å². The number of aromatic nitrogens is 3. The molecule has 0 saturated carbocycles. The van der Waals surface area contributed by atoms with Crippen LogP contribution in [0.2, 0.25) is 0 Å². The van der Waals surface area contributed by atoms with Gasteiger partial charge >= 0.3 is 0 Å². The first kappa shape index (κ1) is 12.6. The van der Waals surface area contributed by atoms with Crippen LogP contribution in [0.1, 0.15) is 41.3 Å². The first-order valence-corrected chi connectivity index (χ1v) is 6.60. The van der Waals surface area contributed by atoms with E-state index < -0.39 is 0 Å². The van der Waals surface area contributed by atoms with Gasteiger partial charge in [-0.1, -0.05) is 19.4 Å². The summed E-state index contributed by atoms with van der Waals surface area (Å²) in [6.45, 7) is 2.08. The van der Waals surface area contributed by atoms with Crippen LogP contribution in [0.5, 0.6) is 0 Å². The SMILES string of the molecule is CCCC(NC(=O)c1nc(N)n[nH]1)c1cccs1. The van der Waals surface area contributed by atoms with E-state index in [-0.39, 0.29) is 23.7 Å². The summed E-state index contributed by atoms with van der Waals surface area (Å²) in [6, 6.07) is 4.00. The van der Waals surface area contributed by atoms with Gasteiger partial charge in [-0.25, -0.2) is 0 Å². The molecule has 0 aliphatic carbocycles. The Kier molecular flexibility index (Phi) is 3.93. The van der Waals surface area contributed by atoms with Gasteiger partial charge in [-0.2, -0.15) is 4.98 Å². The van der Waals surface area contributed by atoms with Crippen LogP contribution in [-0.4, -0.2) is 21.1 Å². The highest BCUT2D eigenvalue weighted by atomic mass is 32.1. The molecule has 0 aliphatic heterocycles. The summed E-state index contributed by atoms with van der Waals surface area (Å²) in [5.74, 6) is -0.0699. The van der Waals surface area contributed by atoms with Crippen LogP contribution in [0, 0.1) is 0 Å². The first-order chi connectivity index (χ1) is 8.70. The topological polar surface area (TPSA) is 96.7 Å². The summed E-state index contributed by atoms with van der Waals surface area (Å²) in [4.78, 5) is 16.9. The molecule has 4 N–H and O–H groups in total. The smallest absolute Gasteiger partial charge is 0.289 e. The molecule has 0 spiro atoms. The minimum Gasteiger partial charge on any atom is -0.366 e. The number of thiophene rings is 1. The molecular formula is C11H15N5OS. The van der Waals surface area contributed by atoms with Crippen molar-refractivity contribution in [2.45, 2.75) is 25.8 Å². The summed E-state index contributed by atoms with van der Waals surface area (Å²) in [7, 11) is 0. The average molecular weight is 265 g/mol. The van der Waals surface area contributed by atoms with Gasteiger partial charge in [0.1, 0.15) is 0 Å². The first-order valence-electron chi connectivity index (χ1n) is 5.73. The van der Waals surface area contributed by atoms with Crippen LogP contribution in [-0.2, 0) is 0 Å². The number of anilines is 1. The van der Waals surface area contributed by atoms with Crippen molar-refractivity contribution in [1.82, 2.24) is 20.5 Å². The molecular weight excluding hydrogens is 250 g/mol. The predicted octanol–water partition coefficient (Wildman–Crippen LogP) is 1.72. The van der Waals surface area contributed by atoms with Gasteiger partial charge in [-0.3, -0.25) is 9.89 Å². The lowest BCUT2D eigenvalue weighted by Gasteiger charge is -2.15. The van der Waals surface area contributed by atoms with E-state index in [2.05, 4.69) is 27.4 Å². The molecule has 2 aromatic rings. The van der Waals surface area contributed by atoms with Crippen molar-refractivity contribution in [1.29, 1.82) is 0 Å².